The molecule has 1 aromatic carbocycles. The van der Waals surface area contributed by atoms with Crippen molar-refractivity contribution in [1.29, 1.82) is 0 Å². The van der Waals surface area contributed by atoms with Crippen LogP contribution in [0.2, 0.25) is 0 Å². The molecule has 0 aromatic heterocycles. The number of benzene rings is 1. The third-order valence-corrected chi connectivity index (χ3v) is 3.69. The molecule has 0 saturated carbocycles. The fourth-order valence-corrected chi connectivity index (χ4v) is 2.80. The summed E-state index contributed by atoms with van der Waals surface area (Å²) in [6.45, 7) is 0. The van der Waals surface area contributed by atoms with Crippen molar-refractivity contribution in [2.45, 2.75) is 4.90 Å². The molecule has 0 spiro atoms. The molecule has 0 aliphatic rings. The molecule has 0 saturated heterocycles. The third kappa shape index (κ3) is 5.17. The number of carboxylic acid groups (broad SMARTS) is 1. The van der Waals surface area contributed by atoms with Crippen molar-refractivity contribution in [2.75, 3.05) is 0 Å². The second-order valence-corrected chi connectivity index (χ2v) is 4.90. The first-order valence-corrected chi connectivity index (χ1v) is 5.89. The smallest absolute Gasteiger partial charge is 0.768 e. The topological polar surface area (TPSA) is 80.3 Å². The van der Waals surface area contributed by atoms with E-state index in [0.29, 0.717) is 4.47 Å². The second kappa shape index (κ2) is 8.79. The number of hydrogen-bond donors (Lipinski definition) is 0. The number of halogens is 2. The van der Waals surface area contributed by atoms with Gasteiger partial charge in [-0.2, -0.15) is 0 Å². The van der Waals surface area contributed by atoms with E-state index in [-0.39, 0.29) is 74.0 Å². The number of carbonyl (C=O) groups excluding carboxylic acids is 1. The number of carbonyl (C=O) groups is 1. The van der Waals surface area contributed by atoms with Crippen molar-refractivity contribution in [3.8, 4) is 0 Å². The predicted octanol–water partition coefficient (Wildman–Crippen LogP) is -5.18. The first kappa shape index (κ1) is 20.1. The molecule has 16 heavy (non-hydrogen) atoms. The summed E-state index contributed by atoms with van der Waals surface area (Å²) in [5.41, 5.74) is -0.201. The molecule has 0 bridgehead atoms. The molecule has 0 N–H and O–H groups in total. The van der Waals surface area contributed by atoms with Gasteiger partial charge in [0.25, 0.3) is 0 Å². The van der Waals surface area contributed by atoms with Gasteiger partial charge in [0.05, 0.1) is 5.97 Å². The van der Waals surface area contributed by atoms with E-state index in [2.05, 4.69) is 31.9 Å². The summed E-state index contributed by atoms with van der Waals surface area (Å²) in [6, 6.07) is 2.36. The number of hydrogen-bond acceptors (Lipinski definition) is 4. The molecule has 0 fully saturated rings. The summed E-state index contributed by atoms with van der Waals surface area (Å²) in [4.78, 5) is 10.4. The minimum absolute atomic E-state index is 0. The van der Waals surface area contributed by atoms with Crippen LogP contribution in [0, 0.1) is 0 Å². The van der Waals surface area contributed by atoms with E-state index < -0.39 is 17.0 Å². The molecule has 1 rings (SSSR count). The Kier molecular flexibility index (Phi) is 11.0. The van der Waals surface area contributed by atoms with E-state index in [9.17, 15) is 18.7 Å². The molecule has 0 radical (unpaired) electrons. The fraction of sp³-hybridized carbons (Fsp3) is 0. The Morgan fingerprint density at radius 2 is 1.69 bits per heavy atom. The minimum atomic E-state index is -2.48. The maximum Gasteiger partial charge on any atom is 1.00 e. The van der Waals surface area contributed by atoms with Crippen LogP contribution in [0.25, 0.3) is 0 Å². The second-order valence-electron chi connectivity index (χ2n) is 2.28. The van der Waals surface area contributed by atoms with E-state index in [1.54, 1.807) is 0 Å². The summed E-state index contributed by atoms with van der Waals surface area (Å²) < 4.78 is 21.9. The molecule has 0 amide bonds. The van der Waals surface area contributed by atoms with Crippen LogP contribution >= 0.6 is 31.9 Å². The standard InChI is InChI=1S/C7H4Br2O4S.2Na/c8-4-2-5(9)6(14(12)13)1-3(4)7(10)11;;/h1-2H,(H,10,11)(H,12,13);;/q;2*+1/p-2. The van der Waals surface area contributed by atoms with Crippen LogP contribution in [0.15, 0.2) is 26.0 Å². The molecular formula is C7H2Br2Na2O4S. The fourth-order valence-electron chi connectivity index (χ4n) is 0.813. The van der Waals surface area contributed by atoms with Gasteiger partial charge in [-0.15, -0.1) is 0 Å². The Balaban J connectivity index is 0. The monoisotopic (exact) mass is 386 g/mol. The third-order valence-electron chi connectivity index (χ3n) is 1.42. The van der Waals surface area contributed by atoms with Crippen LogP contribution < -0.4 is 64.2 Å². The number of aromatic carboxylic acids is 1. The summed E-state index contributed by atoms with van der Waals surface area (Å²) in [5, 5.41) is 10.6. The van der Waals surface area contributed by atoms with Crippen LogP contribution in [0.1, 0.15) is 10.4 Å². The molecule has 0 aliphatic heterocycles. The predicted molar refractivity (Wildman–Crippen MR) is 53.4 cm³/mol. The van der Waals surface area contributed by atoms with Gasteiger partial charge in [-0.25, -0.2) is 0 Å². The average molecular weight is 388 g/mol. The molecule has 1 unspecified atom stereocenters. The molecule has 1 aromatic rings. The maximum absolute atomic E-state index is 10.6. The average Bonchev–Trinajstić information content (AvgIpc) is 2.02. The van der Waals surface area contributed by atoms with E-state index >= 15 is 0 Å². The van der Waals surface area contributed by atoms with Crippen LogP contribution in [-0.4, -0.2) is 14.7 Å². The molecule has 76 valence electrons. The molecule has 0 aliphatic carbocycles. The Hall–Kier alpha value is 1.76. The van der Waals surface area contributed by atoms with Crippen LogP contribution in [0.4, 0.5) is 0 Å². The number of rotatable bonds is 2. The van der Waals surface area contributed by atoms with Crippen molar-refractivity contribution >= 4 is 48.9 Å². The molecule has 0 heterocycles. The maximum atomic E-state index is 10.6. The summed E-state index contributed by atoms with van der Waals surface area (Å²) in [6.07, 6.45) is 0. The van der Waals surface area contributed by atoms with Crippen molar-refractivity contribution in [2.24, 2.45) is 0 Å². The van der Waals surface area contributed by atoms with Crippen molar-refractivity contribution < 1.29 is 77.8 Å². The molecule has 9 heteroatoms. The Bertz CT molecular complexity index is 392. The van der Waals surface area contributed by atoms with Crippen molar-refractivity contribution in [3.63, 3.8) is 0 Å². The van der Waals surface area contributed by atoms with E-state index in [0.717, 1.165) is 6.07 Å². The summed E-state index contributed by atoms with van der Waals surface area (Å²) in [7, 11) is 0. The summed E-state index contributed by atoms with van der Waals surface area (Å²) in [5.74, 6) is -1.43. The van der Waals surface area contributed by atoms with Gasteiger partial charge in [-0.05, 0) is 39.1 Å². The van der Waals surface area contributed by atoms with Crippen molar-refractivity contribution in [3.05, 3.63) is 26.6 Å². The Morgan fingerprint density at radius 3 is 2.06 bits per heavy atom. The van der Waals surface area contributed by atoms with Crippen LogP contribution in [0.3, 0.4) is 0 Å². The van der Waals surface area contributed by atoms with Gasteiger partial charge in [0.1, 0.15) is 0 Å². The van der Waals surface area contributed by atoms with Gasteiger partial charge >= 0.3 is 59.1 Å². The zero-order chi connectivity index (χ0) is 10.9. The van der Waals surface area contributed by atoms with Crippen molar-refractivity contribution in [1.82, 2.24) is 0 Å². The molecular weight excluding hydrogens is 386 g/mol. The van der Waals surface area contributed by atoms with Gasteiger partial charge in [0.15, 0.2) is 0 Å². The Labute approximate surface area is 156 Å². The first-order chi connectivity index (χ1) is 6.43. The van der Waals surface area contributed by atoms with E-state index in [1.165, 1.54) is 6.07 Å². The van der Waals surface area contributed by atoms with E-state index in [4.69, 9.17) is 0 Å². The first-order valence-electron chi connectivity index (χ1n) is 3.23. The Morgan fingerprint density at radius 1 is 1.19 bits per heavy atom. The zero-order valence-corrected chi connectivity index (χ0v) is 16.4. The quantitative estimate of drug-likeness (QED) is 0.375. The van der Waals surface area contributed by atoms with Gasteiger partial charge in [-0.3, -0.25) is 4.21 Å². The van der Waals surface area contributed by atoms with Gasteiger partial charge in [-0.1, -0.05) is 15.9 Å². The normalized spacial score (nSPS) is 10.9. The largest absolute Gasteiger partial charge is 1.00 e. The molecule has 4 nitrogen and oxygen atoms in total. The minimum Gasteiger partial charge on any atom is -0.768 e. The molecule has 1 atom stereocenters. The van der Waals surface area contributed by atoms with Crippen LogP contribution in [0.5, 0.6) is 0 Å². The summed E-state index contributed by atoms with van der Waals surface area (Å²) >= 11 is 3.49. The van der Waals surface area contributed by atoms with Gasteiger partial charge in [0, 0.05) is 19.4 Å². The van der Waals surface area contributed by atoms with Crippen LogP contribution in [-0.2, 0) is 11.1 Å². The number of carboxylic acids is 1. The van der Waals surface area contributed by atoms with Gasteiger partial charge < -0.3 is 14.5 Å². The SMILES string of the molecule is O=C([O-])c1cc(S(=O)[O-])c(Br)cc1Br.[Na+].[Na+]. The van der Waals surface area contributed by atoms with E-state index in [1.807, 2.05) is 0 Å². The zero-order valence-electron chi connectivity index (χ0n) is 8.45. The van der Waals surface area contributed by atoms with Gasteiger partial charge in [0.2, 0.25) is 0 Å².